The summed E-state index contributed by atoms with van der Waals surface area (Å²) in [5.74, 6) is 0.476. The van der Waals surface area contributed by atoms with Gasteiger partial charge < -0.3 is 0 Å². The maximum Gasteiger partial charge on any atom is 0.166 e. The quantitative estimate of drug-likeness (QED) is 0.753. The Morgan fingerprint density at radius 1 is 0.810 bits per heavy atom. The van der Waals surface area contributed by atoms with E-state index < -0.39 is 0 Å². The number of hydrogen-bond donors (Lipinski definition) is 0. The van der Waals surface area contributed by atoms with Crippen molar-refractivity contribution >= 4 is 5.78 Å². The lowest BCUT2D eigenvalue weighted by atomic mass is 9.87. The lowest BCUT2D eigenvalue weighted by Gasteiger charge is -2.17. The van der Waals surface area contributed by atoms with Crippen LogP contribution in [0.25, 0.3) is 0 Å². The zero-order chi connectivity index (χ0) is 14.2. The maximum absolute atomic E-state index is 12.8. The van der Waals surface area contributed by atoms with E-state index in [4.69, 9.17) is 0 Å². The average Bonchev–Trinajstić information content (AvgIpc) is 2.97. The van der Waals surface area contributed by atoms with Crippen LogP contribution in [0, 0.1) is 5.92 Å². The molecule has 0 N–H and O–H groups in total. The average molecular weight is 276 g/mol. The van der Waals surface area contributed by atoms with Crippen molar-refractivity contribution in [1.29, 1.82) is 0 Å². The van der Waals surface area contributed by atoms with E-state index >= 15 is 0 Å². The second kappa shape index (κ2) is 5.14. The molecule has 0 heterocycles. The summed E-state index contributed by atoms with van der Waals surface area (Å²) >= 11 is 0. The first-order chi connectivity index (χ1) is 10.3. The van der Waals surface area contributed by atoms with E-state index in [1.165, 1.54) is 41.5 Å². The smallest absolute Gasteiger partial charge is 0.166 e. The molecule has 4 rings (SSSR count). The minimum absolute atomic E-state index is 0.143. The van der Waals surface area contributed by atoms with Gasteiger partial charge in [-0.05, 0) is 66.8 Å². The maximum atomic E-state index is 12.8. The summed E-state index contributed by atoms with van der Waals surface area (Å²) in [6.07, 6.45) is 6.69. The van der Waals surface area contributed by atoms with Crippen molar-refractivity contribution in [2.45, 2.75) is 38.5 Å². The molecule has 0 fully saturated rings. The molecule has 2 aliphatic carbocycles. The molecule has 0 saturated carbocycles. The highest BCUT2D eigenvalue weighted by molar-refractivity contribution is 5.98. The molecule has 2 aromatic rings. The molecule has 0 unspecified atom stereocenters. The molecule has 0 aromatic heterocycles. The van der Waals surface area contributed by atoms with Gasteiger partial charge in [0.2, 0.25) is 0 Å². The number of benzene rings is 2. The van der Waals surface area contributed by atoms with Gasteiger partial charge in [-0.3, -0.25) is 4.79 Å². The van der Waals surface area contributed by atoms with Crippen molar-refractivity contribution in [3.63, 3.8) is 0 Å². The van der Waals surface area contributed by atoms with Crippen LogP contribution in [-0.4, -0.2) is 5.78 Å². The molecule has 0 bridgehead atoms. The molecule has 0 atom stereocenters. The summed E-state index contributed by atoms with van der Waals surface area (Å²) in [6, 6.07) is 14.9. The topological polar surface area (TPSA) is 17.1 Å². The zero-order valence-electron chi connectivity index (χ0n) is 12.3. The van der Waals surface area contributed by atoms with Gasteiger partial charge in [0.15, 0.2) is 5.78 Å². The summed E-state index contributed by atoms with van der Waals surface area (Å²) in [7, 11) is 0. The van der Waals surface area contributed by atoms with Crippen LogP contribution in [0.4, 0.5) is 0 Å². The molecule has 0 saturated heterocycles. The normalized spacial score (nSPS) is 17.3. The fourth-order valence-electron chi connectivity index (χ4n) is 3.87. The van der Waals surface area contributed by atoms with Gasteiger partial charge in [-0.25, -0.2) is 0 Å². The highest BCUT2D eigenvalue weighted by atomic mass is 16.1. The van der Waals surface area contributed by atoms with E-state index in [1.807, 2.05) is 0 Å². The van der Waals surface area contributed by atoms with E-state index in [-0.39, 0.29) is 5.92 Å². The van der Waals surface area contributed by atoms with Gasteiger partial charge in [-0.15, -0.1) is 0 Å². The summed E-state index contributed by atoms with van der Waals surface area (Å²) in [6.45, 7) is 0. The fourth-order valence-corrected chi connectivity index (χ4v) is 3.87. The van der Waals surface area contributed by atoms with Gasteiger partial charge in [0.25, 0.3) is 0 Å². The third-order valence-electron chi connectivity index (χ3n) is 5.05. The number of carbonyl (C=O) groups excluding carboxylic acids is 1. The predicted molar refractivity (Wildman–Crippen MR) is 84.8 cm³/mol. The number of hydrogen-bond acceptors (Lipinski definition) is 1. The van der Waals surface area contributed by atoms with Gasteiger partial charge in [-0.2, -0.15) is 0 Å². The predicted octanol–water partition coefficient (Wildman–Crippen LogP) is 4.16. The largest absolute Gasteiger partial charge is 0.294 e. The van der Waals surface area contributed by atoms with E-state index in [9.17, 15) is 4.79 Å². The third kappa shape index (κ3) is 2.31. The first kappa shape index (κ1) is 12.8. The first-order valence-electron chi connectivity index (χ1n) is 8.04. The fraction of sp³-hybridized carbons (Fsp3) is 0.350. The third-order valence-corrected chi connectivity index (χ3v) is 5.05. The number of Topliss-reactive ketones (excluding diaryl/α,β-unsaturated/α-hetero) is 1. The Morgan fingerprint density at radius 3 is 2.19 bits per heavy atom. The van der Waals surface area contributed by atoms with Crippen LogP contribution in [0.1, 0.15) is 45.5 Å². The number of carbonyl (C=O) groups is 1. The van der Waals surface area contributed by atoms with Crippen LogP contribution in [0.5, 0.6) is 0 Å². The van der Waals surface area contributed by atoms with Crippen LogP contribution in [0.3, 0.4) is 0 Å². The summed E-state index contributed by atoms with van der Waals surface area (Å²) in [5.41, 5.74) is 6.49. The van der Waals surface area contributed by atoms with Crippen LogP contribution in [0.15, 0.2) is 42.5 Å². The van der Waals surface area contributed by atoms with Crippen molar-refractivity contribution in [3.05, 3.63) is 70.3 Å². The van der Waals surface area contributed by atoms with Crippen LogP contribution in [0.2, 0.25) is 0 Å². The Morgan fingerprint density at radius 2 is 1.48 bits per heavy atom. The Labute approximate surface area is 126 Å². The number of rotatable bonds is 2. The van der Waals surface area contributed by atoms with E-state index in [0.717, 1.165) is 24.8 Å². The minimum Gasteiger partial charge on any atom is -0.294 e. The molecule has 1 heteroatoms. The molecular formula is C20H20O. The highest BCUT2D eigenvalue weighted by Gasteiger charge is 2.28. The van der Waals surface area contributed by atoms with E-state index in [2.05, 4.69) is 42.5 Å². The SMILES string of the molecule is O=C(c1ccc2c(c1)CCCC2)C1Cc2ccccc2C1. The second-order valence-corrected chi connectivity index (χ2v) is 6.43. The standard InChI is InChI=1S/C20H20O/c21-20(19-12-16-7-3-4-8-17(16)13-19)18-10-9-14-5-1-2-6-15(14)11-18/h3-4,7-11,19H,1-2,5-6,12-13H2. The Hall–Kier alpha value is -1.89. The van der Waals surface area contributed by atoms with E-state index in [0.29, 0.717) is 5.78 Å². The van der Waals surface area contributed by atoms with Gasteiger partial charge in [-0.1, -0.05) is 36.4 Å². The molecule has 21 heavy (non-hydrogen) atoms. The van der Waals surface area contributed by atoms with Crippen LogP contribution in [-0.2, 0) is 25.7 Å². The van der Waals surface area contributed by atoms with Gasteiger partial charge in [0, 0.05) is 11.5 Å². The molecule has 0 radical (unpaired) electrons. The molecule has 0 spiro atoms. The number of aryl methyl sites for hydroxylation is 2. The lowest BCUT2D eigenvalue weighted by molar-refractivity contribution is 0.0924. The van der Waals surface area contributed by atoms with Crippen molar-refractivity contribution < 1.29 is 4.79 Å². The van der Waals surface area contributed by atoms with Crippen molar-refractivity contribution in [2.24, 2.45) is 5.92 Å². The minimum atomic E-state index is 0.143. The van der Waals surface area contributed by atoms with Crippen molar-refractivity contribution in [2.75, 3.05) is 0 Å². The molecule has 106 valence electrons. The van der Waals surface area contributed by atoms with Crippen molar-refractivity contribution in [1.82, 2.24) is 0 Å². The molecule has 0 aliphatic heterocycles. The summed E-state index contributed by atoms with van der Waals surface area (Å²) in [5, 5.41) is 0. The Balaban J connectivity index is 1.59. The molecule has 1 nitrogen and oxygen atoms in total. The number of fused-ring (bicyclic) bond motifs is 2. The molecular weight excluding hydrogens is 256 g/mol. The Bertz CT molecular complexity index is 674. The highest BCUT2D eigenvalue weighted by Crippen LogP contribution is 2.30. The van der Waals surface area contributed by atoms with Crippen LogP contribution < -0.4 is 0 Å². The summed E-state index contributed by atoms with van der Waals surface area (Å²) in [4.78, 5) is 12.8. The van der Waals surface area contributed by atoms with Gasteiger partial charge >= 0.3 is 0 Å². The Kier molecular flexibility index (Phi) is 3.14. The van der Waals surface area contributed by atoms with E-state index in [1.54, 1.807) is 0 Å². The van der Waals surface area contributed by atoms with Gasteiger partial charge in [0.05, 0.1) is 0 Å². The van der Waals surface area contributed by atoms with Gasteiger partial charge in [0.1, 0.15) is 0 Å². The molecule has 2 aliphatic rings. The first-order valence-corrected chi connectivity index (χ1v) is 8.04. The molecule has 0 amide bonds. The monoisotopic (exact) mass is 276 g/mol. The van der Waals surface area contributed by atoms with Crippen LogP contribution >= 0.6 is 0 Å². The summed E-state index contributed by atoms with van der Waals surface area (Å²) < 4.78 is 0. The number of ketones is 1. The second-order valence-electron chi connectivity index (χ2n) is 6.43. The van der Waals surface area contributed by atoms with Crippen molar-refractivity contribution in [3.8, 4) is 0 Å². The molecule has 2 aromatic carbocycles. The zero-order valence-corrected chi connectivity index (χ0v) is 12.3. The lowest BCUT2D eigenvalue weighted by Crippen LogP contribution is -2.16.